The van der Waals surface area contributed by atoms with Crippen molar-refractivity contribution >= 4 is 5.91 Å². The number of amides is 1. The number of piperidine rings is 1. The minimum atomic E-state index is 0.0178. The summed E-state index contributed by atoms with van der Waals surface area (Å²) in [5, 5.41) is 15.7. The summed E-state index contributed by atoms with van der Waals surface area (Å²) in [5.74, 6) is 0.754. The van der Waals surface area contributed by atoms with Crippen LogP contribution in [0.4, 0.5) is 0 Å². The van der Waals surface area contributed by atoms with Gasteiger partial charge < -0.3 is 15.7 Å². The lowest BCUT2D eigenvalue weighted by molar-refractivity contribution is -0.120. The number of aromatic hydroxyl groups is 1. The second kappa shape index (κ2) is 6.57. The van der Waals surface area contributed by atoms with Crippen molar-refractivity contribution in [3.8, 4) is 5.75 Å². The second-order valence-corrected chi connectivity index (χ2v) is 5.40. The summed E-state index contributed by atoms with van der Waals surface area (Å²) < 4.78 is 0. The minimum Gasteiger partial charge on any atom is -0.508 e. The average Bonchev–Trinajstić information content (AvgIpc) is 2.38. The molecule has 4 heteroatoms. The molecule has 1 amide bonds. The van der Waals surface area contributed by atoms with Crippen molar-refractivity contribution < 1.29 is 9.90 Å². The number of hydrogen-bond acceptors (Lipinski definition) is 3. The van der Waals surface area contributed by atoms with E-state index < -0.39 is 0 Å². The van der Waals surface area contributed by atoms with Crippen LogP contribution in [0.3, 0.4) is 0 Å². The van der Waals surface area contributed by atoms with Crippen molar-refractivity contribution in [3.05, 3.63) is 29.8 Å². The zero-order valence-corrected chi connectivity index (χ0v) is 11.4. The standard InChI is InChI=1S/C15H22N2O2/c1-11-5-6-13(9-16-11)10-17-15(19)8-12-3-2-4-14(18)7-12/h2-4,7,11,13,16,18H,5-6,8-10H2,1H3,(H,17,19). The Morgan fingerprint density at radius 3 is 3.00 bits per heavy atom. The van der Waals surface area contributed by atoms with E-state index in [0.717, 1.165) is 18.7 Å². The molecular weight excluding hydrogens is 240 g/mol. The highest BCUT2D eigenvalue weighted by Crippen LogP contribution is 2.14. The Hall–Kier alpha value is -1.55. The van der Waals surface area contributed by atoms with Gasteiger partial charge in [-0.15, -0.1) is 0 Å². The summed E-state index contributed by atoms with van der Waals surface area (Å²) in [4.78, 5) is 11.8. The number of phenols is 1. The summed E-state index contributed by atoms with van der Waals surface area (Å²) >= 11 is 0. The maximum absolute atomic E-state index is 11.8. The Labute approximate surface area is 114 Å². The van der Waals surface area contributed by atoms with Gasteiger partial charge in [0.25, 0.3) is 0 Å². The van der Waals surface area contributed by atoms with Gasteiger partial charge in [-0.25, -0.2) is 0 Å². The number of phenolic OH excluding ortho intramolecular Hbond substituents is 1. The maximum atomic E-state index is 11.8. The summed E-state index contributed by atoms with van der Waals surface area (Å²) in [5.41, 5.74) is 0.841. The first-order chi connectivity index (χ1) is 9.13. The summed E-state index contributed by atoms with van der Waals surface area (Å²) in [6.45, 7) is 3.90. The van der Waals surface area contributed by atoms with Crippen LogP contribution in [-0.2, 0) is 11.2 Å². The molecule has 19 heavy (non-hydrogen) atoms. The molecule has 0 aliphatic carbocycles. The van der Waals surface area contributed by atoms with E-state index in [0.29, 0.717) is 18.4 Å². The second-order valence-electron chi connectivity index (χ2n) is 5.40. The number of hydrogen-bond donors (Lipinski definition) is 3. The predicted molar refractivity (Wildman–Crippen MR) is 75.0 cm³/mol. The molecule has 104 valence electrons. The van der Waals surface area contributed by atoms with Crippen LogP contribution in [0.25, 0.3) is 0 Å². The van der Waals surface area contributed by atoms with E-state index in [1.807, 2.05) is 6.07 Å². The van der Waals surface area contributed by atoms with Gasteiger partial charge in [-0.3, -0.25) is 4.79 Å². The van der Waals surface area contributed by atoms with Crippen molar-refractivity contribution in [3.63, 3.8) is 0 Å². The molecule has 3 N–H and O–H groups in total. The topological polar surface area (TPSA) is 61.4 Å². The molecule has 0 aromatic heterocycles. The predicted octanol–water partition coefficient (Wildman–Crippen LogP) is 1.44. The van der Waals surface area contributed by atoms with Gasteiger partial charge in [-0.1, -0.05) is 12.1 Å². The Kier molecular flexibility index (Phi) is 4.80. The molecule has 2 atom stereocenters. The monoisotopic (exact) mass is 262 g/mol. The fraction of sp³-hybridized carbons (Fsp3) is 0.533. The first-order valence-electron chi connectivity index (χ1n) is 6.91. The number of nitrogens with one attached hydrogen (secondary N) is 2. The third-order valence-electron chi connectivity index (χ3n) is 3.63. The molecule has 2 rings (SSSR count). The fourth-order valence-electron chi connectivity index (χ4n) is 2.40. The Morgan fingerprint density at radius 1 is 1.47 bits per heavy atom. The van der Waals surface area contributed by atoms with Gasteiger partial charge in [-0.2, -0.15) is 0 Å². The van der Waals surface area contributed by atoms with E-state index in [4.69, 9.17) is 0 Å². The van der Waals surface area contributed by atoms with Gasteiger partial charge in [-0.05, 0) is 49.9 Å². The van der Waals surface area contributed by atoms with Crippen LogP contribution >= 0.6 is 0 Å². The van der Waals surface area contributed by atoms with E-state index >= 15 is 0 Å². The Morgan fingerprint density at radius 2 is 2.32 bits per heavy atom. The molecule has 1 aliphatic rings. The molecule has 1 aromatic carbocycles. The Balaban J connectivity index is 1.73. The lowest BCUT2D eigenvalue weighted by Crippen LogP contribution is -2.42. The quantitative estimate of drug-likeness (QED) is 0.769. The largest absolute Gasteiger partial charge is 0.508 e. The molecule has 0 saturated carbocycles. The normalized spacial score (nSPS) is 23.0. The van der Waals surface area contributed by atoms with E-state index in [1.165, 1.54) is 12.8 Å². The van der Waals surface area contributed by atoms with Crippen LogP contribution in [0.2, 0.25) is 0 Å². The highest BCUT2D eigenvalue weighted by atomic mass is 16.3. The maximum Gasteiger partial charge on any atom is 0.224 e. The van der Waals surface area contributed by atoms with Crippen molar-refractivity contribution in [1.29, 1.82) is 0 Å². The van der Waals surface area contributed by atoms with Crippen LogP contribution in [0.15, 0.2) is 24.3 Å². The summed E-state index contributed by atoms with van der Waals surface area (Å²) in [6, 6.07) is 7.44. The molecule has 1 aliphatic heterocycles. The molecule has 0 radical (unpaired) electrons. The van der Waals surface area contributed by atoms with Gasteiger partial charge in [0, 0.05) is 12.6 Å². The summed E-state index contributed by atoms with van der Waals surface area (Å²) in [6.07, 6.45) is 2.67. The van der Waals surface area contributed by atoms with Crippen LogP contribution in [0.1, 0.15) is 25.3 Å². The van der Waals surface area contributed by atoms with Crippen LogP contribution in [0.5, 0.6) is 5.75 Å². The van der Waals surface area contributed by atoms with Crippen molar-refractivity contribution in [2.75, 3.05) is 13.1 Å². The third-order valence-corrected chi connectivity index (χ3v) is 3.63. The Bertz CT molecular complexity index is 426. The van der Waals surface area contributed by atoms with Gasteiger partial charge in [0.05, 0.1) is 6.42 Å². The molecule has 0 spiro atoms. The number of rotatable bonds is 4. The number of benzene rings is 1. The van der Waals surface area contributed by atoms with E-state index in [9.17, 15) is 9.90 Å². The SMILES string of the molecule is CC1CCC(CNC(=O)Cc2cccc(O)c2)CN1. The van der Waals surface area contributed by atoms with E-state index in [1.54, 1.807) is 18.2 Å². The zero-order valence-electron chi connectivity index (χ0n) is 11.4. The molecule has 1 saturated heterocycles. The lowest BCUT2D eigenvalue weighted by Gasteiger charge is -2.27. The lowest BCUT2D eigenvalue weighted by atomic mass is 9.95. The molecule has 1 aromatic rings. The molecule has 1 heterocycles. The highest BCUT2D eigenvalue weighted by molar-refractivity contribution is 5.78. The smallest absolute Gasteiger partial charge is 0.224 e. The average molecular weight is 262 g/mol. The molecular formula is C15H22N2O2. The minimum absolute atomic E-state index is 0.0178. The van der Waals surface area contributed by atoms with Crippen LogP contribution in [0, 0.1) is 5.92 Å². The van der Waals surface area contributed by atoms with Crippen molar-refractivity contribution in [2.45, 2.75) is 32.2 Å². The number of carbonyl (C=O) groups is 1. The first kappa shape index (κ1) is 13.9. The number of carbonyl (C=O) groups excluding carboxylic acids is 1. The van der Waals surface area contributed by atoms with Crippen LogP contribution in [-0.4, -0.2) is 30.1 Å². The van der Waals surface area contributed by atoms with Gasteiger partial charge in [0.1, 0.15) is 5.75 Å². The summed E-state index contributed by atoms with van der Waals surface area (Å²) in [7, 11) is 0. The van der Waals surface area contributed by atoms with E-state index in [-0.39, 0.29) is 11.7 Å². The molecule has 4 nitrogen and oxygen atoms in total. The van der Waals surface area contributed by atoms with Crippen molar-refractivity contribution in [1.82, 2.24) is 10.6 Å². The molecule has 1 fully saturated rings. The third kappa shape index (κ3) is 4.56. The van der Waals surface area contributed by atoms with Gasteiger partial charge in [0.15, 0.2) is 0 Å². The fourth-order valence-corrected chi connectivity index (χ4v) is 2.40. The van der Waals surface area contributed by atoms with E-state index in [2.05, 4.69) is 17.6 Å². The van der Waals surface area contributed by atoms with Gasteiger partial charge in [0.2, 0.25) is 5.91 Å². The molecule has 0 bridgehead atoms. The zero-order chi connectivity index (χ0) is 13.7. The van der Waals surface area contributed by atoms with Gasteiger partial charge >= 0.3 is 0 Å². The molecule has 2 unspecified atom stereocenters. The first-order valence-corrected chi connectivity index (χ1v) is 6.91. The van der Waals surface area contributed by atoms with Crippen LogP contribution < -0.4 is 10.6 Å². The highest BCUT2D eigenvalue weighted by Gasteiger charge is 2.17. The van der Waals surface area contributed by atoms with Crippen molar-refractivity contribution in [2.24, 2.45) is 5.92 Å².